The van der Waals surface area contributed by atoms with Crippen LogP contribution in [0.1, 0.15) is 19.3 Å². The number of ether oxygens (including phenoxy) is 3. The van der Waals surface area contributed by atoms with Gasteiger partial charge in [0, 0.05) is 5.75 Å². The number of thioether (sulfide) groups is 1. The molecular formula is C12H17N3O4S. The highest BCUT2D eigenvalue weighted by atomic mass is 32.2. The van der Waals surface area contributed by atoms with Crippen LogP contribution in [0.3, 0.4) is 0 Å². The number of aromatic nitrogens is 3. The third-order valence-electron chi connectivity index (χ3n) is 3.15. The standard InChI is InChI=1S/C12H17N3O4S/c1-17-8(16)6-12(4-5-12)7-20-11-14-9(18-2)13-10(15-11)19-3/h4-7H2,1-3H3. The molecule has 1 heterocycles. The van der Waals surface area contributed by atoms with Crippen molar-refractivity contribution in [3.05, 3.63) is 0 Å². The molecular weight excluding hydrogens is 282 g/mol. The zero-order valence-corrected chi connectivity index (χ0v) is 12.5. The van der Waals surface area contributed by atoms with Crippen LogP contribution in [0.5, 0.6) is 12.0 Å². The summed E-state index contributed by atoms with van der Waals surface area (Å²) in [6.07, 6.45) is 2.48. The van der Waals surface area contributed by atoms with E-state index in [1.807, 2.05) is 0 Å². The molecule has 0 bridgehead atoms. The van der Waals surface area contributed by atoms with Gasteiger partial charge in [0.05, 0.1) is 27.8 Å². The predicted octanol–water partition coefficient (Wildman–Crippen LogP) is 1.32. The molecule has 0 unspecified atom stereocenters. The summed E-state index contributed by atoms with van der Waals surface area (Å²) >= 11 is 1.47. The minimum absolute atomic E-state index is 0.0187. The van der Waals surface area contributed by atoms with Crippen molar-refractivity contribution in [3.8, 4) is 12.0 Å². The van der Waals surface area contributed by atoms with Crippen LogP contribution in [0, 0.1) is 5.41 Å². The Morgan fingerprint density at radius 3 is 2.20 bits per heavy atom. The van der Waals surface area contributed by atoms with E-state index < -0.39 is 0 Å². The van der Waals surface area contributed by atoms with Crippen LogP contribution in [0.15, 0.2) is 5.16 Å². The van der Waals surface area contributed by atoms with Crippen molar-refractivity contribution in [2.75, 3.05) is 27.1 Å². The SMILES string of the molecule is COC(=O)CC1(CSc2nc(OC)nc(OC)n2)CC1. The van der Waals surface area contributed by atoms with Gasteiger partial charge in [-0.15, -0.1) is 4.98 Å². The quantitative estimate of drug-likeness (QED) is 0.550. The molecule has 0 saturated heterocycles. The Morgan fingerprint density at radius 2 is 1.75 bits per heavy atom. The van der Waals surface area contributed by atoms with Crippen LogP contribution < -0.4 is 9.47 Å². The van der Waals surface area contributed by atoms with Crippen molar-refractivity contribution in [1.29, 1.82) is 0 Å². The topological polar surface area (TPSA) is 83.4 Å². The van der Waals surface area contributed by atoms with Crippen LogP contribution >= 0.6 is 11.8 Å². The van der Waals surface area contributed by atoms with E-state index in [2.05, 4.69) is 15.0 Å². The molecule has 2 rings (SSSR count). The fourth-order valence-corrected chi connectivity index (χ4v) is 2.82. The molecule has 1 aromatic heterocycles. The molecule has 0 aromatic carbocycles. The summed E-state index contributed by atoms with van der Waals surface area (Å²) in [5.41, 5.74) is 0.0187. The van der Waals surface area contributed by atoms with Crippen molar-refractivity contribution in [2.24, 2.45) is 5.41 Å². The first-order valence-electron chi connectivity index (χ1n) is 6.14. The smallest absolute Gasteiger partial charge is 0.323 e. The van der Waals surface area contributed by atoms with Gasteiger partial charge in [-0.3, -0.25) is 4.79 Å². The van der Waals surface area contributed by atoms with Crippen LogP contribution in [0.2, 0.25) is 0 Å². The number of carbonyl (C=O) groups excluding carboxylic acids is 1. The number of methoxy groups -OCH3 is 3. The number of hydrogen-bond donors (Lipinski definition) is 0. The summed E-state index contributed by atoms with van der Waals surface area (Å²) in [6, 6.07) is 0.439. The molecule has 0 spiro atoms. The Labute approximate surface area is 121 Å². The average Bonchev–Trinajstić information content (AvgIpc) is 3.24. The van der Waals surface area contributed by atoms with Gasteiger partial charge in [0.25, 0.3) is 0 Å². The fraction of sp³-hybridized carbons (Fsp3) is 0.667. The van der Waals surface area contributed by atoms with Gasteiger partial charge in [0.15, 0.2) is 5.16 Å². The van der Waals surface area contributed by atoms with E-state index in [9.17, 15) is 4.79 Å². The van der Waals surface area contributed by atoms with Gasteiger partial charge >= 0.3 is 18.0 Å². The van der Waals surface area contributed by atoms with E-state index in [4.69, 9.17) is 14.2 Å². The first-order chi connectivity index (χ1) is 9.60. The molecule has 0 atom stereocenters. The molecule has 1 aliphatic carbocycles. The summed E-state index contributed by atoms with van der Waals surface area (Å²) in [6.45, 7) is 0. The fourth-order valence-electron chi connectivity index (χ4n) is 1.71. The minimum atomic E-state index is -0.172. The lowest BCUT2D eigenvalue weighted by molar-refractivity contribution is -0.141. The first kappa shape index (κ1) is 14.8. The number of hydrogen-bond acceptors (Lipinski definition) is 8. The lowest BCUT2D eigenvalue weighted by Gasteiger charge is -2.12. The molecule has 110 valence electrons. The number of rotatable bonds is 7. The summed E-state index contributed by atoms with van der Waals surface area (Å²) in [5, 5.41) is 0.532. The van der Waals surface area contributed by atoms with Crippen LogP contribution in [-0.2, 0) is 9.53 Å². The van der Waals surface area contributed by atoms with Gasteiger partial charge in [0.1, 0.15) is 0 Å². The van der Waals surface area contributed by atoms with E-state index >= 15 is 0 Å². The molecule has 8 heteroatoms. The second kappa shape index (κ2) is 6.25. The summed E-state index contributed by atoms with van der Waals surface area (Å²) < 4.78 is 14.7. The summed E-state index contributed by atoms with van der Waals surface area (Å²) in [5.74, 6) is 0.590. The van der Waals surface area contributed by atoms with E-state index in [1.54, 1.807) is 0 Å². The normalized spacial score (nSPS) is 15.6. The van der Waals surface area contributed by atoms with Crippen LogP contribution in [0.4, 0.5) is 0 Å². The summed E-state index contributed by atoms with van der Waals surface area (Å²) in [7, 11) is 4.39. The van der Waals surface area contributed by atoms with Gasteiger partial charge in [-0.25, -0.2) is 0 Å². The van der Waals surface area contributed by atoms with Crippen molar-refractivity contribution in [3.63, 3.8) is 0 Å². The monoisotopic (exact) mass is 299 g/mol. The average molecular weight is 299 g/mol. The van der Waals surface area contributed by atoms with Crippen molar-refractivity contribution < 1.29 is 19.0 Å². The minimum Gasteiger partial charge on any atom is -0.469 e. The highest BCUT2D eigenvalue weighted by Gasteiger charge is 2.44. The molecule has 1 aliphatic rings. The third kappa shape index (κ3) is 3.72. The van der Waals surface area contributed by atoms with Gasteiger partial charge < -0.3 is 14.2 Å². The van der Waals surface area contributed by atoms with Crippen molar-refractivity contribution in [1.82, 2.24) is 15.0 Å². The number of nitrogens with zero attached hydrogens (tertiary/aromatic N) is 3. The zero-order chi connectivity index (χ0) is 14.6. The molecule has 20 heavy (non-hydrogen) atoms. The van der Waals surface area contributed by atoms with Crippen molar-refractivity contribution >= 4 is 17.7 Å². The Bertz CT molecular complexity index is 471. The molecule has 1 fully saturated rings. The highest BCUT2D eigenvalue weighted by Crippen LogP contribution is 2.51. The predicted molar refractivity (Wildman–Crippen MR) is 72.0 cm³/mol. The zero-order valence-electron chi connectivity index (χ0n) is 11.7. The lowest BCUT2D eigenvalue weighted by atomic mass is 10.1. The Morgan fingerprint density at radius 1 is 1.15 bits per heavy atom. The molecule has 7 nitrogen and oxygen atoms in total. The molecule has 0 aliphatic heterocycles. The molecule has 1 saturated carbocycles. The Hall–Kier alpha value is -1.57. The molecule has 0 amide bonds. The van der Waals surface area contributed by atoms with Gasteiger partial charge in [-0.1, -0.05) is 11.8 Å². The Kier molecular flexibility index (Phi) is 4.64. The molecule has 0 radical (unpaired) electrons. The van der Waals surface area contributed by atoms with E-state index in [0.717, 1.165) is 18.6 Å². The number of carbonyl (C=O) groups is 1. The van der Waals surface area contributed by atoms with E-state index in [1.165, 1.54) is 33.1 Å². The number of esters is 1. The first-order valence-corrected chi connectivity index (χ1v) is 7.13. The summed E-state index contributed by atoms with van der Waals surface area (Å²) in [4.78, 5) is 23.6. The molecule has 1 aromatic rings. The second-order valence-electron chi connectivity index (χ2n) is 4.63. The third-order valence-corrected chi connectivity index (χ3v) is 4.35. The van der Waals surface area contributed by atoms with Crippen LogP contribution in [0.25, 0.3) is 0 Å². The van der Waals surface area contributed by atoms with Crippen LogP contribution in [-0.4, -0.2) is 48.0 Å². The van der Waals surface area contributed by atoms with E-state index in [-0.39, 0.29) is 23.4 Å². The lowest BCUT2D eigenvalue weighted by Crippen LogP contribution is -2.13. The van der Waals surface area contributed by atoms with E-state index in [0.29, 0.717) is 11.6 Å². The maximum absolute atomic E-state index is 11.4. The largest absolute Gasteiger partial charge is 0.469 e. The van der Waals surface area contributed by atoms with Gasteiger partial charge in [0.2, 0.25) is 0 Å². The maximum Gasteiger partial charge on any atom is 0.323 e. The Balaban J connectivity index is 1.98. The van der Waals surface area contributed by atoms with Gasteiger partial charge in [-0.2, -0.15) is 9.97 Å². The van der Waals surface area contributed by atoms with Gasteiger partial charge in [-0.05, 0) is 18.3 Å². The maximum atomic E-state index is 11.4. The molecule has 0 N–H and O–H groups in total. The second-order valence-corrected chi connectivity index (χ2v) is 5.58. The van der Waals surface area contributed by atoms with Crippen molar-refractivity contribution in [2.45, 2.75) is 24.4 Å². The highest BCUT2D eigenvalue weighted by molar-refractivity contribution is 7.99.